The molecule has 5 rings (SSSR count). The molecule has 0 N–H and O–H groups in total. The molecule has 33 heavy (non-hydrogen) atoms. The van der Waals surface area contributed by atoms with E-state index in [0.29, 0.717) is 0 Å². The molecule has 0 saturated carbocycles. The van der Waals surface area contributed by atoms with Crippen LogP contribution in [0.15, 0.2) is 110 Å². The largest absolute Gasteiger partial charge is 0.287 e. The van der Waals surface area contributed by atoms with Crippen molar-refractivity contribution in [3.8, 4) is 0 Å². The number of halogens is 6. The molecule has 3 aromatic carbocycles. The Balaban J connectivity index is 0.000000325. The van der Waals surface area contributed by atoms with Gasteiger partial charge >= 0.3 is 33.0 Å². The number of hydrogen-bond acceptors (Lipinski definition) is 0. The smallest absolute Gasteiger partial charge is 0.219 e. The maximum absolute atomic E-state index is 10.7. The Morgan fingerprint density at radius 1 is 0.636 bits per heavy atom. The van der Waals surface area contributed by atoms with Crippen LogP contribution in [-0.2, 0) is 0 Å². The van der Waals surface area contributed by atoms with Crippen LogP contribution in [0.4, 0.5) is 25.2 Å². The minimum absolute atomic E-state index is 0.142. The fourth-order valence-electron chi connectivity index (χ4n) is 3.74. The predicted molar refractivity (Wildman–Crippen MR) is 119 cm³/mol. The standard InChI is InChI=1S/C24H19N2.F6P/c1-3-9-19(10-4-1)24(20-11-5-2-6-12-20)26-16-15-25-18-22-14-8-7-13-21(22)17-23(25)26;1-7(2,3,4,5)6/h1-18,24H;/q+1;-1. The van der Waals surface area contributed by atoms with Gasteiger partial charge in [-0.1, -0.05) is 84.9 Å². The molecule has 5 aromatic rings. The van der Waals surface area contributed by atoms with Gasteiger partial charge in [0.15, 0.2) is 6.04 Å². The minimum Gasteiger partial charge on any atom is -0.219 e. The van der Waals surface area contributed by atoms with E-state index in [1.165, 1.54) is 27.5 Å². The van der Waals surface area contributed by atoms with Gasteiger partial charge in [-0.3, -0.25) is 0 Å². The number of nitrogens with zero attached hydrogens (tertiary/aromatic N) is 2. The fraction of sp³-hybridized carbons (Fsp3) is 0.0417. The quantitative estimate of drug-likeness (QED) is 0.139. The van der Waals surface area contributed by atoms with Gasteiger partial charge in [0.25, 0.3) is 5.65 Å². The first-order valence-electron chi connectivity index (χ1n) is 9.92. The summed E-state index contributed by atoms with van der Waals surface area (Å²) in [6.45, 7) is 0. The second-order valence-corrected chi connectivity index (χ2v) is 9.47. The molecule has 9 heteroatoms. The SMILES string of the molecule is F[P-](F)(F)(F)(F)F.c1ccc(C(c2ccccc2)[n+]2ccn3cc4ccccc4cc32)cc1. The first-order chi connectivity index (χ1) is 15.3. The number of rotatable bonds is 3. The van der Waals surface area contributed by atoms with Crippen LogP contribution in [0.1, 0.15) is 17.2 Å². The van der Waals surface area contributed by atoms with E-state index in [0.717, 1.165) is 0 Å². The van der Waals surface area contributed by atoms with Crippen molar-refractivity contribution in [3.05, 3.63) is 121 Å². The maximum Gasteiger partial charge on any atom is 0.287 e. The molecule has 0 aliphatic heterocycles. The summed E-state index contributed by atoms with van der Waals surface area (Å²) in [5.74, 6) is 0. The summed E-state index contributed by atoms with van der Waals surface area (Å²) < 4.78 is 63.8. The molecule has 0 amide bonds. The number of fused-ring (bicyclic) bond motifs is 2. The fourth-order valence-corrected chi connectivity index (χ4v) is 3.74. The number of hydrogen-bond donors (Lipinski definition) is 0. The zero-order valence-electron chi connectivity index (χ0n) is 17.1. The second-order valence-electron chi connectivity index (χ2n) is 7.56. The average molecular weight is 480 g/mol. The Hall–Kier alpha value is -3.38. The maximum atomic E-state index is 9.87. The van der Waals surface area contributed by atoms with E-state index < -0.39 is 7.81 Å². The van der Waals surface area contributed by atoms with Crippen molar-refractivity contribution >= 4 is 24.2 Å². The zero-order valence-corrected chi connectivity index (χ0v) is 18.0. The van der Waals surface area contributed by atoms with Crippen molar-refractivity contribution < 1.29 is 29.7 Å². The van der Waals surface area contributed by atoms with Crippen LogP contribution in [0, 0.1) is 0 Å². The predicted octanol–water partition coefficient (Wildman–Crippen LogP) is 8.40. The summed E-state index contributed by atoms with van der Waals surface area (Å²) >= 11 is 0. The summed E-state index contributed by atoms with van der Waals surface area (Å²) in [5.41, 5.74) is 3.75. The molecule has 0 radical (unpaired) electrons. The second kappa shape index (κ2) is 7.59. The zero-order chi connectivity index (χ0) is 23.8. The Morgan fingerprint density at radius 3 is 1.61 bits per heavy atom. The molecular weight excluding hydrogens is 461 g/mol. The molecule has 0 bridgehead atoms. The van der Waals surface area contributed by atoms with Crippen LogP contribution in [0.25, 0.3) is 16.4 Å². The number of aromatic nitrogens is 2. The van der Waals surface area contributed by atoms with Crippen molar-refractivity contribution in [3.63, 3.8) is 0 Å². The van der Waals surface area contributed by atoms with Gasteiger partial charge in [-0.25, -0.2) is 8.97 Å². The normalized spacial score (nSPS) is 13.9. The third kappa shape index (κ3) is 6.33. The molecule has 172 valence electrons. The molecule has 0 unspecified atom stereocenters. The van der Waals surface area contributed by atoms with Crippen LogP contribution in [0.2, 0.25) is 0 Å². The molecular formula is C24H19F6N2P. The van der Waals surface area contributed by atoms with Crippen LogP contribution in [0.3, 0.4) is 0 Å². The van der Waals surface area contributed by atoms with Gasteiger partial charge in [0.1, 0.15) is 18.6 Å². The van der Waals surface area contributed by atoms with E-state index in [1.807, 2.05) is 0 Å². The van der Waals surface area contributed by atoms with Crippen molar-refractivity contribution in [1.82, 2.24) is 4.40 Å². The summed E-state index contributed by atoms with van der Waals surface area (Å²) in [4.78, 5) is 0. The summed E-state index contributed by atoms with van der Waals surface area (Å²) in [5, 5.41) is 2.51. The van der Waals surface area contributed by atoms with E-state index in [2.05, 4.69) is 119 Å². The van der Waals surface area contributed by atoms with Gasteiger partial charge in [0.05, 0.1) is 0 Å². The molecule has 2 heterocycles. The van der Waals surface area contributed by atoms with Crippen molar-refractivity contribution in [2.75, 3.05) is 0 Å². The average Bonchev–Trinajstić information content (AvgIpc) is 3.14. The third-order valence-corrected chi connectivity index (χ3v) is 4.98. The van der Waals surface area contributed by atoms with Crippen LogP contribution in [-0.4, -0.2) is 4.40 Å². The monoisotopic (exact) mass is 480 g/mol. The van der Waals surface area contributed by atoms with Gasteiger partial charge in [0, 0.05) is 22.6 Å². The molecule has 0 spiro atoms. The van der Waals surface area contributed by atoms with Crippen molar-refractivity contribution in [1.29, 1.82) is 0 Å². The Labute approximate surface area is 185 Å². The number of pyridine rings is 1. The Morgan fingerprint density at radius 2 is 1.09 bits per heavy atom. The van der Waals surface area contributed by atoms with Crippen molar-refractivity contribution in [2.24, 2.45) is 0 Å². The number of benzene rings is 3. The summed E-state index contributed by atoms with van der Waals surface area (Å²) in [7, 11) is -10.7. The summed E-state index contributed by atoms with van der Waals surface area (Å²) in [6.07, 6.45) is 6.52. The first-order valence-corrected chi connectivity index (χ1v) is 11.9. The van der Waals surface area contributed by atoms with E-state index in [9.17, 15) is 25.2 Å². The van der Waals surface area contributed by atoms with E-state index in [1.54, 1.807) is 0 Å². The van der Waals surface area contributed by atoms with Gasteiger partial charge in [-0.2, -0.15) is 0 Å². The van der Waals surface area contributed by atoms with Crippen molar-refractivity contribution in [2.45, 2.75) is 6.04 Å². The van der Waals surface area contributed by atoms with E-state index >= 15 is 0 Å². The molecule has 0 fully saturated rings. The molecule has 0 aliphatic carbocycles. The van der Waals surface area contributed by atoms with Gasteiger partial charge in [-0.05, 0) is 5.39 Å². The molecule has 2 nitrogen and oxygen atoms in total. The molecule has 0 saturated heterocycles. The van der Waals surface area contributed by atoms with Crippen LogP contribution < -0.4 is 4.57 Å². The first kappa shape index (κ1) is 22.8. The van der Waals surface area contributed by atoms with E-state index in [-0.39, 0.29) is 6.04 Å². The minimum atomic E-state index is -10.7. The van der Waals surface area contributed by atoms with E-state index in [4.69, 9.17) is 0 Å². The Kier molecular flexibility index (Phi) is 5.25. The molecule has 2 aromatic heterocycles. The van der Waals surface area contributed by atoms with Crippen LogP contribution in [0.5, 0.6) is 0 Å². The van der Waals surface area contributed by atoms with Gasteiger partial charge < -0.3 is 0 Å². The topological polar surface area (TPSA) is 8.29 Å². The van der Waals surface area contributed by atoms with Gasteiger partial charge in [-0.15, -0.1) is 0 Å². The Bertz CT molecular complexity index is 1350. The molecule has 0 aliphatic rings. The summed E-state index contributed by atoms with van der Waals surface area (Å²) in [6, 6.07) is 32.3. The number of imidazole rings is 1. The third-order valence-electron chi connectivity index (χ3n) is 4.98. The van der Waals surface area contributed by atoms with Crippen LogP contribution >= 0.6 is 7.81 Å². The molecule has 0 atom stereocenters. The van der Waals surface area contributed by atoms with Gasteiger partial charge in [0.2, 0.25) is 0 Å².